The van der Waals surface area contributed by atoms with Crippen molar-refractivity contribution in [3.8, 4) is 11.6 Å². The molecular weight excluding hydrogens is 365 g/mol. The van der Waals surface area contributed by atoms with E-state index in [1.807, 2.05) is 4.90 Å². The fourth-order valence-corrected chi connectivity index (χ4v) is 2.81. The molecule has 0 unspecified atom stereocenters. The second kappa shape index (κ2) is 7.99. The average molecular weight is 383 g/mol. The Kier molecular flexibility index (Phi) is 5.09. The van der Waals surface area contributed by atoms with Crippen LogP contribution in [0.3, 0.4) is 0 Å². The van der Waals surface area contributed by atoms with Gasteiger partial charge in [-0.2, -0.15) is 5.10 Å². The summed E-state index contributed by atoms with van der Waals surface area (Å²) >= 11 is 0. The first-order valence-electron chi connectivity index (χ1n) is 8.77. The topological polar surface area (TPSA) is 98.1 Å². The number of halogens is 1. The molecule has 3 aromatic rings. The SMILES string of the molecule is O=C(NCCOc1ccc(F)cc1)C1CN(c2cc(-n3cncn3)ncn2)C1. The molecule has 1 fully saturated rings. The maximum absolute atomic E-state index is 12.8. The number of nitrogens with one attached hydrogen (secondary N) is 1. The molecule has 2 aromatic heterocycles. The number of amides is 1. The molecule has 9 nitrogen and oxygen atoms in total. The number of carbonyl (C=O) groups excluding carboxylic acids is 1. The van der Waals surface area contributed by atoms with Crippen LogP contribution in [0, 0.1) is 11.7 Å². The number of carbonyl (C=O) groups is 1. The molecule has 10 heteroatoms. The molecule has 4 rings (SSSR count). The van der Waals surface area contributed by atoms with Crippen LogP contribution in [0.4, 0.5) is 10.2 Å². The molecule has 1 saturated heterocycles. The number of aromatic nitrogens is 5. The van der Waals surface area contributed by atoms with Gasteiger partial charge in [0.05, 0.1) is 12.5 Å². The summed E-state index contributed by atoms with van der Waals surface area (Å²) in [4.78, 5) is 26.5. The number of ether oxygens (including phenoxy) is 1. The Labute approximate surface area is 160 Å². The molecule has 0 saturated carbocycles. The highest BCUT2D eigenvalue weighted by atomic mass is 19.1. The maximum atomic E-state index is 12.8. The molecule has 1 amide bonds. The number of anilines is 1. The van der Waals surface area contributed by atoms with Crippen molar-refractivity contribution in [2.45, 2.75) is 0 Å². The van der Waals surface area contributed by atoms with Gasteiger partial charge in [-0.3, -0.25) is 4.79 Å². The van der Waals surface area contributed by atoms with Crippen molar-refractivity contribution in [3.63, 3.8) is 0 Å². The van der Waals surface area contributed by atoms with Crippen molar-refractivity contribution in [1.29, 1.82) is 0 Å². The predicted octanol–water partition coefficient (Wildman–Crippen LogP) is 0.828. The van der Waals surface area contributed by atoms with E-state index >= 15 is 0 Å². The Morgan fingerprint density at radius 2 is 1.96 bits per heavy atom. The molecule has 144 valence electrons. The summed E-state index contributed by atoms with van der Waals surface area (Å²) in [5.41, 5.74) is 0. The first kappa shape index (κ1) is 17.8. The zero-order valence-electron chi connectivity index (χ0n) is 14.9. The van der Waals surface area contributed by atoms with Gasteiger partial charge in [-0.15, -0.1) is 0 Å². The summed E-state index contributed by atoms with van der Waals surface area (Å²) < 4.78 is 19.8. The van der Waals surface area contributed by atoms with Crippen LogP contribution in [-0.4, -0.2) is 56.9 Å². The molecule has 0 bridgehead atoms. The first-order valence-corrected chi connectivity index (χ1v) is 8.77. The van der Waals surface area contributed by atoms with E-state index in [-0.39, 0.29) is 17.6 Å². The first-order chi connectivity index (χ1) is 13.7. The van der Waals surface area contributed by atoms with Gasteiger partial charge in [0.15, 0.2) is 5.82 Å². The quantitative estimate of drug-likeness (QED) is 0.604. The highest BCUT2D eigenvalue weighted by molar-refractivity contribution is 5.81. The summed E-state index contributed by atoms with van der Waals surface area (Å²) in [6, 6.07) is 7.57. The number of benzene rings is 1. The van der Waals surface area contributed by atoms with Crippen molar-refractivity contribution in [3.05, 3.63) is 55.1 Å². The van der Waals surface area contributed by atoms with Crippen LogP contribution in [0.1, 0.15) is 0 Å². The molecule has 3 heterocycles. The zero-order valence-corrected chi connectivity index (χ0v) is 14.9. The Morgan fingerprint density at radius 3 is 2.71 bits per heavy atom. The molecule has 1 aromatic carbocycles. The summed E-state index contributed by atoms with van der Waals surface area (Å²) in [5, 5.41) is 6.90. The van der Waals surface area contributed by atoms with Gasteiger partial charge in [0.2, 0.25) is 5.91 Å². The van der Waals surface area contributed by atoms with E-state index in [4.69, 9.17) is 4.74 Å². The molecule has 0 radical (unpaired) electrons. The van der Waals surface area contributed by atoms with Crippen LogP contribution in [-0.2, 0) is 4.79 Å². The Hall–Kier alpha value is -3.56. The van der Waals surface area contributed by atoms with Gasteiger partial charge in [0.1, 0.15) is 43.0 Å². The van der Waals surface area contributed by atoms with E-state index in [2.05, 4.69) is 25.4 Å². The van der Waals surface area contributed by atoms with Gasteiger partial charge in [-0.05, 0) is 24.3 Å². The second-order valence-electron chi connectivity index (χ2n) is 6.27. The summed E-state index contributed by atoms with van der Waals surface area (Å²) in [6.07, 6.45) is 4.46. The minimum absolute atomic E-state index is 0.0236. The normalized spacial score (nSPS) is 13.8. The lowest BCUT2D eigenvalue weighted by molar-refractivity contribution is -0.125. The fourth-order valence-electron chi connectivity index (χ4n) is 2.81. The molecule has 28 heavy (non-hydrogen) atoms. The van der Waals surface area contributed by atoms with Gasteiger partial charge in [-0.1, -0.05) is 0 Å². The van der Waals surface area contributed by atoms with Crippen LogP contribution in [0.15, 0.2) is 49.3 Å². The third kappa shape index (κ3) is 4.05. The molecular formula is C18H18FN7O2. The molecule has 0 aliphatic carbocycles. The van der Waals surface area contributed by atoms with E-state index in [1.54, 1.807) is 29.2 Å². The number of hydrogen-bond acceptors (Lipinski definition) is 7. The lowest BCUT2D eigenvalue weighted by Gasteiger charge is -2.39. The fraction of sp³-hybridized carbons (Fsp3) is 0.278. The highest BCUT2D eigenvalue weighted by Crippen LogP contribution is 2.23. The highest BCUT2D eigenvalue weighted by Gasteiger charge is 2.33. The number of rotatable bonds is 7. The maximum Gasteiger partial charge on any atom is 0.226 e. The van der Waals surface area contributed by atoms with E-state index in [9.17, 15) is 9.18 Å². The van der Waals surface area contributed by atoms with Crippen molar-refractivity contribution in [1.82, 2.24) is 30.0 Å². The van der Waals surface area contributed by atoms with E-state index < -0.39 is 0 Å². The summed E-state index contributed by atoms with van der Waals surface area (Å²) in [5.74, 6) is 1.49. The summed E-state index contributed by atoms with van der Waals surface area (Å²) in [6.45, 7) is 1.87. The Morgan fingerprint density at radius 1 is 1.18 bits per heavy atom. The van der Waals surface area contributed by atoms with Gasteiger partial charge in [0.25, 0.3) is 0 Å². The van der Waals surface area contributed by atoms with E-state index in [0.717, 1.165) is 5.82 Å². The molecule has 1 aliphatic heterocycles. The van der Waals surface area contributed by atoms with Gasteiger partial charge in [-0.25, -0.2) is 24.0 Å². The Bertz CT molecular complexity index is 927. The van der Waals surface area contributed by atoms with Crippen LogP contribution >= 0.6 is 0 Å². The predicted molar refractivity (Wildman–Crippen MR) is 97.6 cm³/mol. The molecule has 1 N–H and O–H groups in total. The largest absolute Gasteiger partial charge is 0.492 e. The smallest absolute Gasteiger partial charge is 0.226 e. The van der Waals surface area contributed by atoms with Crippen LogP contribution < -0.4 is 15.0 Å². The van der Waals surface area contributed by atoms with Crippen molar-refractivity contribution >= 4 is 11.7 Å². The Balaban J connectivity index is 1.21. The lowest BCUT2D eigenvalue weighted by atomic mass is 9.99. The van der Waals surface area contributed by atoms with Gasteiger partial charge >= 0.3 is 0 Å². The van der Waals surface area contributed by atoms with Crippen LogP contribution in [0.2, 0.25) is 0 Å². The monoisotopic (exact) mass is 383 g/mol. The number of hydrogen-bond donors (Lipinski definition) is 1. The molecule has 0 spiro atoms. The van der Waals surface area contributed by atoms with E-state index in [0.29, 0.717) is 37.8 Å². The minimum atomic E-state index is -0.313. The number of nitrogens with zero attached hydrogens (tertiary/aromatic N) is 6. The van der Waals surface area contributed by atoms with Crippen molar-refractivity contribution in [2.75, 3.05) is 31.1 Å². The van der Waals surface area contributed by atoms with Crippen molar-refractivity contribution in [2.24, 2.45) is 5.92 Å². The minimum Gasteiger partial charge on any atom is -0.492 e. The third-order valence-corrected chi connectivity index (χ3v) is 4.35. The third-order valence-electron chi connectivity index (χ3n) is 4.35. The van der Waals surface area contributed by atoms with Crippen LogP contribution in [0.5, 0.6) is 5.75 Å². The van der Waals surface area contributed by atoms with Crippen molar-refractivity contribution < 1.29 is 13.9 Å². The van der Waals surface area contributed by atoms with Gasteiger partial charge in [0, 0.05) is 19.2 Å². The zero-order chi connectivity index (χ0) is 19.3. The summed E-state index contributed by atoms with van der Waals surface area (Å²) in [7, 11) is 0. The lowest BCUT2D eigenvalue weighted by Crippen LogP contribution is -2.54. The molecule has 0 atom stereocenters. The van der Waals surface area contributed by atoms with Crippen LogP contribution in [0.25, 0.3) is 5.82 Å². The van der Waals surface area contributed by atoms with E-state index in [1.165, 1.54) is 24.8 Å². The average Bonchev–Trinajstić information content (AvgIpc) is 3.21. The molecule has 1 aliphatic rings. The standard InChI is InChI=1S/C18H18FN7O2/c19-14-1-3-15(4-2-14)28-6-5-21-18(27)13-8-25(9-13)16-7-17(23-11-22-16)26-12-20-10-24-26/h1-4,7,10-13H,5-6,8-9H2,(H,21,27). The van der Waals surface area contributed by atoms with Gasteiger partial charge < -0.3 is 15.0 Å². The second-order valence-corrected chi connectivity index (χ2v) is 6.27.